The Morgan fingerprint density at radius 3 is 2.86 bits per heavy atom. The summed E-state index contributed by atoms with van der Waals surface area (Å²) in [5, 5.41) is 13.2. The number of likely N-dealkylation sites (N-methyl/N-ethyl adjacent to an activating group) is 1. The number of aliphatic hydroxyl groups excluding tert-OH is 1. The van der Waals surface area contributed by atoms with E-state index >= 15 is 0 Å². The first kappa shape index (κ1) is 11.1. The van der Waals surface area contributed by atoms with E-state index in [-0.39, 0.29) is 6.04 Å². The van der Waals surface area contributed by atoms with Gasteiger partial charge < -0.3 is 10.4 Å². The smallest absolute Gasteiger partial charge is 0.0957 e. The Morgan fingerprint density at radius 1 is 1.57 bits per heavy atom. The summed E-state index contributed by atoms with van der Waals surface area (Å²) in [6.45, 7) is 6.84. The number of aryl methyl sites for hydroxylation is 1. The average molecular weight is 194 g/mol. The van der Waals surface area contributed by atoms with E-state index < -0.39 is 6.10 Å². The lowest BCUT2D eigenvalue weighted by atomic mass is 10.0. The normalized spacial score (nSPS) is 15.1. The second kappa shape index (κ2) is 5.08. The molecule has 0 aliphatic rings. The minimum atomic E-state index is -0.483. The predicted octanol–water partition coefficient (Wildman–Crippen LogP) is 1.42. The van der Waals surface area contributed by atoms with Crippen LogP contribution in [0.1, 0.15) is 31.1 Å². The average Bonchev–Trinajstić information content (AvgIpc) is 2.18. The van der Waals surface area contributed by atoms with Crippen molar-refractivity contribution >= 4 is 0 Å². The van der Waals surface area contributed by atoms with Crippen LogP contribution in [-0.2, 0) is 0 Å². The minimum absolute atomic E-state index is 0.0582. The van der Waals surface area contributed by atoms with Crippen molar-refractivity contribution in [1.82, 2.24) is 10.3 Å². The van der Waals surface area contributed by atoms with Gasteiger partial charge in [0.2, 0.25) is 0 Å². The first-order valence-corrected chi connectivity index (χ1v) is 4.98. The first-order chi connectivity index (χ1) is 6.66. The van der Waals surface area contributed by atoms with Gasteiger partial charge in [-0.25, -0.2) is 0 Å². The summed E-state index contributed by atoms with van der Waals surface area (Å²) in [4.78, 5) is 4.02. The SMILES string of the molecule is CCNC(C)C(O)c1cnccc1C. The Hall–Kier alpha value is -0.930. The summed E-state index contributed by atoms with van der Waals surface area (Å²) < 4.78 is 0. The minimum Gasteiger partial charge on any atom is -0.387 e. The number of nitrogens with one attached hydrogen (secondary N) is 1. The van der Waals surface area contributed by atoms with Gasteiger partial charge in [-0.05, 0) is 32.0 Å². The maximum absolute atomic E-state index is 10.00. The van der Waals surface area contributed by atoms with Crippen LogP contribution in [0.2, 0.25) is 0 Å². The van der Waals surface area contributed by atoms with Gasteiger partial charge in [0.15, 0.2) is 0 Å². The molecule has 2 unspecified atom stereocenters. The largest absolute Gasteiger partial charge is 0.387 e. The van der Waals surface area contributed by atoms with Crippen molar-refractivity contribution in [2.75, 3.05) is 6.54 Å². The maximum Gasteiger partial charge on any atom is 0.0957 e. The molecule has 1 rings (SSSR count). The highest BCUT2D eigenvalue weighted by Crippen LogP contribution is 2.18. The molecule has 0 aromatic carbocycles. The molecule has 3 heteroatoms. The number of rotatable bonds is 4. The molecular formula is C11H18N2O. The fraction of sp³-hybridized carbons (Fsp3) is 0.545. The third-order valence-electron chi connectivity index (χ3n) is 2.40. The van der Waals surface area contributed by atoms with Crippen molar-refractivity contribution in [2.24, 2.45) is 0 Å². The quantitative estimate of drug-likeness (QED) is 0.762. The monoisotopic (exact) mass is 194 g/mol. The lowest BCUT2D eigenvalue weighted by Crippen LogP contribution is -2.32. The third kappa shape index (κ3) is 2.53. The van der Waals surface area contributed by atoms with Crippen LogP contribution < -0.4 is 5.32 Å². The van der Waals surface area contributed by atoms with Crippen LogP contribution in [0.4, 0.5) is 0 Å². The standard InChI is InChI=1S/C11H18N2O/c1-4-13-9(3)11(14)10-7-12-6-5-8(10)2/h5-7,9,11,13-14H,4H2,1-3H3. The third-order valence-corrected chi connectivity index (χ3v) is 2.40. The van der Waals surface area contributed by atoms with Crippen LogP contribution in [0, 0.1) is 6.92 Å². The molecule has 0 aliphatic heterocycles. The maximum atomic E-state index is 10.00. The Kier molecular flexibility index (Phi) is 4.04. The molecule has 0 saturated heterocycles. The second-order valence-electron chi connectivity index (χ2n) is 3.52. The van der Waals surface area contributed by atoms with Crippen LogP contribution in [0.25, 0.3) is 0 Å². The predicted molar refractivity (Wildman–Crippen MR) is 57.1 cm³/mol. The van der Waals surface area contributed by atoms with Crippen molar-refractivity contribution in [3.8, 4) is 0 Å². The number of aliphatic hydroxyl groups is 1. The van der Waals surface area contributed by atoms with Crippen LogP contribution in [-0.4, -0.2) is 22.7 Å². The van der Waals surface area contributed by atoms with Crippen LogP contribution in [0.15, 0.2) is 18.5 Å². The number of hydrogen-bond donors (Lipinski definition) is 2. The van der Waals surface area contributed by atoms with Crippen LogP contribution in [0.3, 0.4) is 0 Å². The molecule has 78 valence electrons. The molecule has 3 nitrogen and oxygen atoms in total. The van der Waals surface area contributed by atoms with Crippen molar-refractivity contribution in [3.63, 3.8) is 0 Å². The fourth-order valence-electron chi connectivity index (χ4n) is 1.49. The summed E-state index contributed by atoms with van der Waals surface area (Å²) in [5.41, 5.74) is 1.98. The Balaban J connectivity index is 2.78. The second-order valence-corrected chi connectivity index (χ2v) is 3.52. The lowest BCUT2D eigenvalue weighted by molar-refractivity contribution is 0.136. The number of hydrogen-bond acceptors (Lipinski definition) is 3. The van der Waals surface area contributed by atoms with E-state index in [1.807, 2.05) is 26.8 Å². The van der Waals surface area contributed by atoms with Gasteiger partial charge >= 0.3 is 0 Å². The van der Waals surface area contributed by atoms with Crippen molar-refractivity contribution in [2.45, 2.75) is 32.9 Å². The van der Waals surface area contributed by atoms with Gasteiger partial charge in [0.1, 0.15) is 0 Å². The van der Waals surface area contributed by atoms with Crippen LogP contribution in [0.5, 0.6) is 0 Å². The number of nitrogens with zero attached hydrogens (tertiary/aromatic N) is 1. The molecule has 0 spiro atoms. The molecule has 2 N–H and O–H groups in total. The molecule has 14 heavy (non-hydrogen) atoms. The molecule has 0 aliphatic carbocycles. The summed E-state index contributed by atoms with van der Waals surface area (Å²) >= 11 is 0. The highest BCUT2D eigenvalue weighted by Gasteiger charge is 2.16. The molecular weight excluding hydrogens is 176 g/mol. The van der Waals surface area contributed by atoms with E-state index in [1.165, 1.54) is 0 Å². The molecule has 0 fully saturated rings. The number of pyridine rings is 1. The summed E-state index contributed by atoms with van der Waals surface area (Å²) in [6.07, 6.45) is 2.99. The van der Waals surface area contributed by atoms with E-state index in [1.54, 1.807) is 12.4 Å². The molecule has 1 heterocycles. The van der Waals surface area contributed by atoms with E-state index in [9.17, 15) is 5.11 Å². The zero-order valence-corrected chi connectivity index (χ0v) is 8.99. The highest BCUT2D eigenvalue weighted by molar-refractivity contribution is 5.24. The van der Waals surface area contributed by atoms with E-state index in [0.29, 0.717) is 0 Å². The van der Waals surface area contributed by atoms with Crippen molar-refractivity contribution < 1.29 is 5.11 Å². The Bertz CT molecular complexity index is 288. The molecule has 2 atom stereocenters. The van der Waals surface area contributed by atoms with Crippen molar-refractivity contribution in [1.29, 1.82) is 0 Å². The molecule has 1 aromatic heterocycles. The van der Waals surface area contributed by atoms with E-state index in [4.69, 9.17) is 0 Å². The van der Waals surface area contributed by atoms with Gasteiger partial charge in [0.25, 0.3) is 0 Å². The molecule has 0 bridgehead atoms. The first-order valence-electron chi connectivity index (χ1n) is 4.98. The number of aromatic nitrogens is 1. The van der Waals surface area contributed by atoms with Gasteiger partial charge in [-0.3, -0.25) is 4.98 Å². The zero-order chi connectivity index (χ0) is 10.6. The fourth-order valence-corrected chi connectivity index (χ4v) is 1.49. The van der Waals surface area contributed by atoms with E-state index in [2.05, 4.69) is 10.3 Å². The highest BCUT2D eigenvalue weighted by atomic mass is 16.3. The lowest BCUT2D eigenvalue weighted by Gasteiger charge is -2.20. The van der Waals surface area contributed by atoms with Gasteiger partial charge in [0, 0.05) is 24.0 Å². The van der Waals surface area contributed by atoms with Gasteiger partial charge in [-0.15, -0.1) is 0 Å². The topological polar surface area (TPSA) is 45.1 Å². The van der Waals surface area contributed by atoms with Crippen LogP contribution >= 0.6 is 0 Å². The van der Waals surface area contributed by atoms with E-state index in [0.717, 1.165) is 17.7 Å². The van der Waals surface area contributed by atoms with Crippen molar-refractivity contribution in [3.05, 3.63) is 29.6 Å². The molecule has 0 amide bonds. The Labute approximate surface area is 85.2 Å². The van der Waals surface area contributed by atoms with Gasteiger partial charge in [0.05, 0.1) is 6.10 Å². The van der Waals surface area contributed by atoms with Gasteiger partial charge in [-0.2, -0.15) is 0 Å². The molecule has 1 aromatic rings. The van der Waals surface area contributed by atoms with Gasteiger partial charge in [-0.1, -0.05) is 6.92 Å². The summed E-state index contributed by atoms with van der Waals surface area (Å²) in [5.74, 6) is 0. The summed E-state index contributed by atoms with van der Waals surface area (Å²) in [7, 11) is 0. The molecule has 0 radical (unpaired) electrons. The molecule has 0 saturated carbocycles. The summed E-state index contributed by atoms with van der Waals surface area (Å²) in [6, 6.07) is 1.97. The Morgan fingerprint density at radius 2 is 2.29 bits per heavy atom. The zero-order valence-electron chi connectivity index (χ0n) is 8.99.